The summed E-state index contributed by atoms with van der Waals surface area (Å²) in [4.78, 5) is 36.0. The van der Waals surface area contributed by atoms with Crippen LogP contribution < -0.4 is 5.32 Å². The molecule has 0 aromatic heterocycles. The zero-order chi connectivity index (χ0) is 15.4. The summed E-state index contributed by atoms with van der Waals surface area (Å²) >= 11 is 1.52. The minimum absolute atomic E-state index is 0.0936. The molecule has 21 heavy (non-hydrogen) atoms. The number of ketones is 1. The quantitative estimate of drug-likeness (QED) is 0.833. The Bertz CT molecular complexity index is 576. The number of nitrogens with zero attached hydrogens (tertiary/aromatic N) is 1. The van der Waals surface area contributed by atoms with E-state index in [0.29, 0.717) is 29.3 Å². The first-order valence-corrected chi connectivity index (χ1v) is 7.63. The summed E-state index contributed by atoms with van der Waals surface area (Å²) in [6, 6.07) is 5.30. The number of rotatable bonds is 3. The van der Waals surface area contributed by atoms with Crippen LogP contribution in [0.15, 0.2) is 24.3 Å². The number of urea groups is 1. The van der Waals surface area contributed by atoms with Crippen molar-refractivity contribution in [3.8, 4) is 0 Å². The number of amides is 2. The van der Waals surface area contributed by atoms with Gasteiger partial charge in [0.2, 0.25) is 0 Å². The van der Waals surface area contributed by atoms with Crippen molar-refractivity contribution >= 4 is 35.2 Å². The molecule has 6 nitrogen and oxygen atoms in total. The number of carbonyl (C=O) groups is 3. The lowest BCUT2D eigenvalue weighted by molar-refractivity contribution is -0.141. The van der Waals surface area contributed by atoms with Crippen molar-refractivity contribution < 1.29 is 19.5 Å². The van der Waals surface area contributed by atoms with Gasteiger partial charge in [-0.15, -0.1) is 0 Å². The molecule has 7 heteroatoms. The lowest BCUT2D eigenvalue weighted by atomic mass is 10.1. The number of hydrogen-bond acceptors (Lipinski definition) is 4. The standard InChI is InChI=1S/C14H16N2O4S/c1-9(17)10-3-2-4-11(7-10)15-14(20)16-5-6-21-8-12(16)13(18)19/h2-4,7,12H,5-6,8H2,1H3,(H,15,20)(H,18,19). The molecule has 0 spiro atoms. The van der Waals surface area contributed by atoms with Gasteiger partial charge in [0.05, 0.1) is 0 Å². The monoisotopic (exact) mass is 308 g/mol. The minimum atomic E-state index is -1.00. The maximum Gasteiger partial charge on any atom is 0.327 e. The van der Waals surface area contributed by atoms with E-state index >= 15 is 0 Å². The number of nitrogens with one attached hydrogen (secondary N) is 1. The van der Waals surface area contributed by atoms with Crippen molar-refractivity contribution in [2.75, 3.05) is 23.4 Å². The molecule has 1 heterocycles. The maximum atomic E-state index is 12.2. The van der Waals surface area contributed by atoms with Gasteiger partial charge in [0, 0.05) is 29.3 Å². The van der Waals surface area contributed by atoms with E-state index in [2.05, 4.69) is 5.32 Å². The molecule has 1 fully saturated rings. The number of thioether (sulfide) groups is 1. The Labute approximate surface area is 126 Å². The van der Waals surface area contributed by atoms with Crippen LogP contribution in [-0.4, -0.2) is 51.9 Å². The number of Topliss-reactive ketones (excluding diaryl/α,β-unsaturated/α-hetero) is 1. The van der Waals surface area contributed by atoms with Gasteiger partial charge in [-0.25, -0.2) is 9.59 Å². The van der Waals surface area contributed by atoms with Gasteiger partial charge >= 0.3 is 12.0 Å². The topological polar surface area (TPSA) is 86.7 Å². The van der Waals surface area contributed by atoms with Crippen LogP contribution in [0, 0.1) is 0 Å². The fraction of sp³-hybridized carbons (Fsp3) is 0.357. The summed E-state index contributed by atoms with van der Waals surface area (Å²) in [6.07, 6.45) is 0. The van der Waals surface area contributed by atoms with E-state index in [1.54, 1.807) is 24.3 Å². The lowest BCUT2D eigenvalue weighted by Crippen LogP contribution is -2.51. The minimum Gasteiger partial charge on any atom is -0.480 e. The Balaban J connectivity index is 2.11. The van der Waals surface area contributed by atoms with Gasteiger partial charge < -0.3 is 15.3 Å². The first kappa shape index (κ1) is 15.4. The average molecular weight is 308 g/mol. The molecular formula is C14H16N2O4S. The van der Waals surface area contributed by atoms with Crippen LogP contribution in [0.1, 0.15) is 17.3 Å². The number of anilines is 1. The number of carboxylic acid groups (broad SMARTS) is 1. The predicted molar refractivity (Wildman–Crippen MR) is 80.9 cm³/mol. The molecule has 0 bridgehead atoms. The molecular weight excluding hydrogens is 292 g/mol. The second kappa shape index (κ2) is 6.62. The van der Waals surface area contributed by atoms with Gasteiger partial charge in [0.15, 0.2) is 5.78 Å². The molecule has 1 unspecified atom stereocenters. The highest BCUT2D eigenvalue weighted by Gasteiger charge is 2.32. The third-order valence-electron chi connectivity index (χ3n) is 3.19. The van der Waals surface area contributed by atoms with E-state index in [1.165, 1.54) is 23.6 Å². The second-order valence-electron chi connectivity index (χ2n) is 4.69. The third kappa shape index (κ3) is 3.75. The predicted octanol–water partition coefficient (Wildman–Crippen LogP) is 1.92. The first-order chi connectivity index (χ1) is 9.99. The fourth-order valence-corrected chi connectivity index (χ4v) is 3.10. The molecule has 1 atom stereocenters. The van der Waals surface area contributed by atoms with Crippen LogP contribution in [-0.2, 0) is 4.79 Å². The number of carbonyl (C=O) groups excluding carboxylic acids is 2. The fourth-order valence-electron chi connectivity index (χ4n) is 2.06. The smallest absolute Gasteiger partial charge is 0.327 e. The summed E-state index contributed by atoms with van der Waals surface area (Å²) in [6.45, 7) is 1.84. The SMILES string of the molecule is CC(=O)c1cccc(NC(=O)N2CCSCC2C(=O)O)c1. The van der Waals surface area contributed by atoms with Gasteiger partial charge in [-0.3, -0.25) is 4.79 Å². The Morgan fingerprint density at radius 3 is 2.81 bits per heavy atom. The molecule has 2 amide bonds. The highest BCUT2D eigenvalue weighted by Crippen LogP contribution is 2.19. The molecule has 2 N–H and O–H groups in total. The Morgan fingerprint density at radius 2 is 2.14 bits per heavy atom. The van der Waals surface area contributed by atoms with Crippen LogP contribution in [0.5, 0.6) is 0 Å². The van der Waals surface area contributed by atoms with Crippen LogP contribution in [0.25, 0.3) is 0 Å². The molecule has 0 aliphatic carbocycles. The summed E-state index contributed by atoms with van der Waals surface area (Å²) < 4.78 is 0. The number of carboxylic acids is 1. The van der Waals surface area contributed by atoms with E-state index in [9.17, 15) is 14.4 Å². The maximum absolute atomic E-state index is 12.2. The van der Waals surface area contributed by atoms with Gasteiger partial charge in [-0.2, -0.15) is 11.8 Å². The third-order valence-corrected chi connectivity index (χ3v) is 4.22. The van der Waals surface area contributed by atoms with Gasteiger partial charge in [-0.05, 0) is 19.1 Å². The molecule has 0 saturated carbocycles. The van der Waals surface area contributed by atoms with Crippen LogP contribution >= 0.6 is 11.8 Å². The molecule has 2 rings (SSSR count). The molecule has 0 radical (unpaired) electrons. The summed E-state index contributed by atoms with van der Waals surface area (Å²) in [5.41, 5.74) is 0.979. The molecule has 1 aliphatic rings. The molecule has 112 valence electrons. The summed E-state index contributed by atoms with van der Waals surface area (Å²) in [5.74, 6) is -0.000267. The van der Waals surface area contributed by atoms with Crippen molar-refractivity contribution in [2.45, 2.75) is 13.0 Å². The summed E-state index contributed by atoms with van der Waals surface area (Å²) in [7, 11) is 0. The van der Waals surface area contributed by atoms with E-state index in [0.717, 1.165) is 0 Å². The van der Waals surface area contributed by atoms with E-state index in [1.807, 2.05) is 0 Å². The Morgan fingerprint density at radius 1 is 1.38 bits per heavy atom. The zero-order valence-electron chi connectivity index (χ0n) is 11.5. The van der Waals surface area contributed by atoms with E-state index in [-0.39, 0.29) is 5.78 Å². The molecule has 1 aromatic carbocycles. The zero-order valence-corrected chi connectivity index (χ0v) is 12.4. The van der Waals surface area contributed by atoms with Gasteiger partial charge in [0.25, 0.3) is 0 Å². The van der Waals surface area contributed by atoms with Crippen molar-refractivity contribution in [1.82, 2.24) is 4.90 Å². The van der Waals surface area contributed by atoms with Crippen molar-refractivity contribution in [2.24, 2.45) is 0 Å². The van der Waals surface area contributed by atoms with Crippen LogP contribution in [0.4, 0.5) is 10.5 Å². The van der Waals surface area contributed by atoms with Gasteiger partial charge in [0.1, 0.15) is 6.04 Å². The average Bonchev–Trinajstić information content (AvgIpc) is 2.47. The van der Waals surface area contributed by atoms with Crippen LogP contribution in [0.3, 0.4) is 0 Å². The largest absolute Gasteiger partial charge is 0.480 e. The Kier molecular flexibility index (Phi) is 4.85. The number of aliphatic carboxylic acids is 1. The number of hydrogen-bond donors (Lipinski definition) is 2. The lowest BCUT2D eigenvalue weighted by Gasteiger charge is -2.32. The second-order valence-corrected chi connectivity index (χ2v) is 5.84. The van der Waals surface area contributed by atoms with Crippen molar-refractivity contribution in [1.29, 1.82) is 0 Å². The Hall–Kier alpha value is -2.02. The van der Waals surface area contributed by atoms with Crippen LogP contribution in [0.2, 0.25) is 0 Å². The molecule has 1 aliphatic heterocycles. The first-order valence-electron chi connectivity index (χ1n) is 6.48. The molecule has 1 saturated heterocycles. The van der Waals surface area contributed by atoms with Gasteiger partial charge in [-0.1, -0.05) is 12.1 Å². The number of benzene rings is 1. The normalized spacial score (nSPS) is 18.1. The van der Waals surface area contributed by atoms with Crippen molar-refractivity contribution in [3.05, 3.63) is 29.8 Å². The van der Waals surface area contributed by atoms with Crippen molar-refractivity contribution in [3.63, 3.8) is 0 Å². The highest BCUT2D eigenvalue weighted by atomic mass is 32.2. The van der Waals surface area contributed by atoms with E-state index in [4.69, 9.17) is 5.11 Å². The van der Waals surface area contributed by atoms with E-state index < -0.39 is 18.0 Å². The highest BCUT2D eigenvalue weighted by molar-refractivity contribution is 7.99. The summed E-state index contributed by atoms with van der Waals surface area (Å²) in [5, 5.41) is 11.8. The molecule has 1 aromatic rings.